The van der Waals surface area contributed by atoms with Crippen molar-refractivity contribution in [2.24, 2.45) is 0 Å². The Morgan fingerprint density at radius 3 is 2.80 bits per heavy atom. The Morgan fingerprint density at radius 2 is 2.10 bits per heavy atom. The van der Waals surface area contributed by atoms with Crippen molar-refractivity contribution in [2.75, 3.05) is 25.1 Å². The van der Waals surface area contributed by atoms with Crippen molar-refractivity contribution in [1.29, 1.82) is 0 Å². The molecule has 4 nitrogen and oxygen atoms in total. The van der Waals surface area contributed by atoms with E-state index in [1.807, 2.05) is 6.92 Å². The highest BCUT2D eigenvalue weighted by Gasteiger charge is 2.27. The van der Waals surface area contributed by atoms with Gasteiger partial charge in [-0.2, -0.15) is 24.9 Å². The van der Waals surface area contributed by atoms with Crippen LogP contribution in [0.3, 0.4) is 0 Å². The van der Waals surface area contributed by atoms with Gasteiger partial charge in [-0.3, -0.25) is 0 Å². The first-order valence-electron chi connectivity index (χ1n) is 6.34. The maximum absolute atomic E-state index is 12.0. The second kappa shape index (κ2) is 6.62. The van der Waals surface area contributed by atoms with Gasteiger partial charge in [-0.25, -0.2) is 9.97 Å². The summed E-state index contributed by atoms with van der Waals surface area (Å²) in [4.78, 5) is 8.77. The average molecular weight is 307 g/mol. The zero-order valence-electron chi connectivity index (χ0n) is 11.1. The molecule has 0 atom stereocenters. The maximum atomic E-state index is 12.0. The summed E-state index contributed by atoms with van der Waals surface area (Å²) in [6.07, 6.45) is -4.00. The van der Waals surface area contributed by atoms with Gasteiger partial charge >= 0.3 is 6.18 Å². The quantitative estimate of drug-likeness (QED) is 0.819. The van der Waals surface area contributed by atoms with Crippen molar-refractivity contribution in [3.63, 3.8) is 0 Å². The van der Waals surface area contributed by atoms with Crippen LogP contribution in [0.1, 0.15) is 24.0 Å². The third-order valence-electron chi connectivity index (χ3n) is 2.70. The van der Waals surface area contributed by atoms with Gasteiger partial charge in [-0.05, 0) is 6.92 Å². The number of hydrogen-bond acceptors (Lipinski definition) is 5. The number of rotatable bonds is 6. The van der Waals surface area contributed by atoms with Crippen molar-refractivity contribution in [3.8, 4) is 0 Å². The monoisotopic (exact) mass is 307 g/mol. The number of fused-ring (bicyclic) bond motifs is 1. The number of hydrogen-bond donors (Lipinski definition) is 1. The molecule has 1 aliphatic heterocycles. The fraction of sp³-hybridized carbons (Fsp3) is 0.667. The Morgan fingerprint density at radius 1 is 1.30 bits per heavy atom. The van der Waals surface area contributed by atoms with Crippen LogP contribution in [0.4, 0.5) is 19.0 Å². The Balaban J connectivity index is 1.96. The predicted octanol–water partition coefficient (Wildman–Crippen LogP) is 2.78. The molecular formula is C12H16F3N3OS. The number of alkyl halides is 3. The SMILES string of the molecule is CCNc1nc(CCOCC(F)(F)F)nc2c1CSC2. The van der Waals surface area contributed by atoms with Gasteiger partial charge in [-0.15, -0.1) is 0 Å². The summed E-state index contributed by atoms with van der Waals surface area (Å²) in [6, 6.07) is 0. The number of ether oxygens (including phenoxy) is 1. The Bertz CT molecular complexity index is 468. The van der Waals surface area contributed by atoms with E-state index in [1.165, 1.54) is 0 Å². The molecule has 1 N–H and O–H groups in total. The Hall–Kier alpha value is -1.02. The molecule has 0 radical (unpaired) electrons. The van der Waals surface area contributed by atoms with E-state index < -0.39 is 12.8 Å². The fourth-order valence-corrected chi connectivity index (χ4v) is 2.92. The normalized spacial score (nSPS) is 14.4. The summed E-state index contributed by atoms with van der Waals surface area (Å²) in [6.45, 7) is 1.46. The molecular weight excluding hydrogens is 291 g/mol. The van der Waals surface area contributed by atoms with E-state index >= 15 is 0 Å². The number of thioether (sulfide) groups is 1. The first-order valence-corrected chi connectivity index (χ1v) is 7.50. The highest BCUT2D eigenvalue weighted by molar-refractivity contribution is 7.98. The molecule has 0 saturated heterocycles. The summed E-state index contributed by atoms with van der Waals surface area (Å²) in [7, 11) is 0. The molecule has 0 unspecified atom stereocenters. The van der Waals surface area contributed by atoms with E-state index in [4.69, 9.17) is 0 Å². The summed E-state index contributed by atoms with van der Waals surface area (Å²) in [5.74, 6) is 3.03. The van der Waals surface area contributed by atoms with Gasteiger partial charge in [0, 0.05) is 30.0 Å². The number of nitrogens with one attached hydrogen (secondary N) is 1. The van der Waals surface area contributed by atoms with E-state index in [-0.39, 0.29) is 13.0 Å². The Kier molecular flexibility index (Phi) is 5.09. The number of aromatic nitrogens is 2. The van der Waals surface area contributed by atoms with E-state index in [0.717, 1.165) is 35.1 Å². The van der Waals surface area contributed by atoms with Crippen molar-refractivity contribution >= 4 is 17.6 Å². The van der Waals surface area contributed by atoms with Crippen LogP contribution in [-0.2, 0) is 22.7 Å². The second-order valence-corrected chi connectivity index (χ2v) is 5.34. The predicted molar refractivity (Wildman–Crippen MR) is 71.8 cm³/mol. The third-order valence-corrected chi connectivity index (χ3v) is 3.67. The molecule has 20 heavy (non-hydrogen) atoms. The van der Waals surface area contributed by atoms with Crippen LogP contribution < -0.4 is 5.32 Å². The molecule has 8 heteroatoms. The van der Waals surface area contributed by atoms with Gasteiger partial charge in [0.25, 0.3) is 0 Å². The number of halogens is 3. The topological polar surface area (TPSA) is 47.0 Å². The summed E-state index contributed by atoms with van der Waals surface area (Å²) >= 11 is 1.76. The van der Waals surface area contributed by atoms with E-state index in [1.54, 1.807) is 11.8 Å². The van der Waals surface area contributed by atoms with E-state index in [2.05, 4.69) is 20.0 Å². The van der Waals surface area contributed by atoms with Crippen molar-refractivity contribution in [1.82, 2.24) is 9.97 Å². The molecule has 0 bridgehead atoms. The average Bonchev–Trinajstić information content (AvgIpc) is 2.82. The van der Waals surface area contributed by atoms with Crippen LogP contribution in [0, 0.1) is 0 Å². The fourth-order valence-electron chi connectivity index (χ4n) is 1.88. The zero-order chi connectivity index (χ0) is 14.6. The lowest BCUT2D eigenvalue weighted by atomic mass is 10.2. The summed E-state index contributed by atoms with van der Waals surface area (Å²) < 4.78 is 40.5. The first-order chi connectivity index (χ1) is 9.49. The minimum atomic E-state index is -4.29. The van der Waals surface area contributed by atoms with Gasteiger partial charge in [-0.1, -0.05) is 0 Å². The lowest BCUT2D eigenvalue weighted by Gasteiger charge is -2.11. The van der Waals surface area contributed by atoms with Crippen LogP contribution in [-0.4, -0.2) is 35.9 Å². The first kappa shape index (κ1) is 15.4. The molecule has 2 rings (SSSR count). The number of nitrogens with zero attached hydrogens (tertiary/aromatic N) is 2. The second-order valence-electron chi connectivity index (χ2n) is 4.35. The molecule has 0 aliphatic carbocycles. The molecule has 0 saturated carbocycles. The summed E-state index contributed by atoms with van der Waals surface area (Å²) in [5.41, 5.74) is 2.09. The van der Waals surface area contributed by atoms with Gasteiger partial charge in [0.15, 0.2) is 0 Å². The van der Waals surface area contributed by atoms with Gasteiger partial charge in [0.05, 0.1) is 12.3 Å². The van der Waals surface area contributed by atoms with Gasteiger partial charge in [0.2, 0.25) is 0 Å². The van der Waals surface area contributed by atoms with Crippen LogP contribution >= 0.6 is 11.8 Å². The zero-order valence-corrected chi connectivity index (χ0v) is 11.9. The largest absolute Gasteiger partial charge is 0.411 e. The van der Waals surface area contributed by atoms with Crippen LogP contribution in [0.5, 0.6) is 0 Å². The molecule has 0 spiro atoms. The highest BCUT2D eigenvalue weighted by atomic mass is 32.2. The van der Waals surface area contributed by atoms with Gasteiger partial charge < -0.3 is 10.1 Å². The molecule has 0 aromatic carbocycles. The summed E-state index contributed by atoms with van der Waals surface area (Å²) in [5, 5.41) is 3.18. The molecule has 1 aromatic heterocycles. The van der Waals surface area contributed by atoms with Crippen molar-refractivity contribution < 1.29 is 17.9 Å². The maximum Gasteiger partial charge on any atom is 0.411 e. The lowest BCUT2D eigenvalue weighted by Crippen LogP contribution is -2.18. The van der Waals surface area contributed by atoms with E-state index in [0.29, 0.717) is 5.82 Å². The third kappa shape index (κ3) is 4.24. The van der Waals surface area contributed by atoms with Gasteiger partial charge in [0.1, 0.15) is 18.2 Å². The van der Waals surface area contributed by atoms with Crippen molar-refractivity contribution in [2.45, 2.75) is 31.0 Å². The van der Waals surface area contributed by atoms with Crippen LogP contribution in [0.15, 0.2) is 0 Å². The van der Waals surface area contributed by atoms with Crippen LogP contribution in [0.2, 0.25) is 0 Å². The Labute approximate surface area is 119 Å². The molecule has 0 fully saturated rings. The number of anilines is 1. The standard InChI is InChI=1S/C12H16F3N3OS/c1-2-16-11-8-5-20-6-9(8)17-10(18-11)3-4-19-7-12(13,14)15/h2-7H2,1H3,(H,16,17,18). The molecule has 1 aromatic rings. The van der Waals surface area contributed by atoms with Crippen molar-refractivity contribution in [3.05, 3.63) is 17.1 Å². The lowest BCUT2D eigenvalue weighted by molar-refractivity contribution is -0.173. The smallest absolute Gasteiger partial charge is 0.372 e. The molecule has 1 aliphatic rings. The highest BCUT2D eigenvalue weighted by Crippen LogP contribution is 2.32. The van der Waals surface area contributed by atoms with E-state index in [9.17, 15) is 13.2 Å². The molecule has 112 valence electrons. The minimum absolute atomic E-state index is 0.0307. The minimum Gasteiger partial charge on any atom is -0.372 e. The molecule has 2 heterocycles. The van der Waals surface area contributed by atoms with Crippen LogP contribution in [0.25, 0.3) is 0 Å². The molecule has 0 amide bonds.